The van der Waals surface area contributed by atoms with E-state index in [4.69, 9.17) is 13.9 Å². The Morgan fingerprint density at radius 1 is 0.818 bits per heavy atom. The molecule has 0 aliphatic carbocycles. The van der Waals surface area contributed by atoms with E-state index in [2.05, 4.69) is 26.1 Å². The van der Waals surface area contributed by atoms with Crippen LogP contribution in [0.25, 0.3) is 0 Å². The number of aliphatic hydroxyl groups excluding tert-OH is 1. The van der Waals surface area contributed by atoms with Gasteiger partial charge in [0.2, 0.25) is 18.0 Å². The molecular formula is C34H42N2O7Si. The normalized spacial score (nSPS) is 13.0. The smallest absolute Gasteiger partial charge is 0.421 e. The Morgan fingerprint density at radius 3 is 1.80 bits per heavy atom. The number of carbonyl (C=O) groups is 1. The van der Waals surface area contributed by atoms with Gasteiger partial charge in [-0.3, -0.25) is 0 Å². The summed E-state index contributed by atoms with van der Waals surface area (Å²) in [6, 6.07) is 29.1. The van der Waals surface area contributed by atoms with Crippen molar-refractivity contribution in [1.29, 1.82) is 0 Å². The predicted molar refractivity (Wildman–Crippen MR) is 173 cm³/mol. The van der Waals surface area contributed by atoms with Gasteiger partial charge < -0.3 is 34.5 Å². The van der Waals surface area contributed by atoms with Crippen molar-refractivity contribution in [2.24, 2.45) is 0 Å². The van der Waals surface area contributed by atoms with Crippen LogP contribution in [0, 0.1) is 0 Å². The fraction of sp³-hybridized carbons (Fsp3) is 0.324. The maximum Gasteiger partial charge on any atom is 0.421 e. The van der Waals surface area contributed by atoms with Gasteiger partial charge in [0.05, 0.1) is 18.9 Å². The first kappa shape index (κ1) is 32.8. The van der Waals surface area contributed by atoms with Crippen LogP contribution in [0.4, 0.5) is 10.5 Å². The van der Waals surface area contributed by atoms with Crippen molar-refractivity contribution in [3.63, 3.8) is 0 Å². The molecule has 1 atom stereocenters. The van der Waals surface area contributed by atoms with E-state index in [0.717, 1.165) is 20.5 Å². The number of aliphatic hydroxyl groups is 1. The van der Waals surface area contributed by atoms with E-state index in [1.807, 2.05) is 91.0 Å². The van der Waals surface area contributed by atoms with Gasteiger partial charge in [0.15, 0.2) is 0 Å². The Morgan fingerprint density at radius 2 is 1.32 bits per heavy atom. The third-order valence-corrected chi connectivity index (χ3v) is 12.1. The highest BCUT2D eigenvalue weighted by Gasteiger charge is 2.50. The van der Waals surface area contributed by atoms with Crippen molar-refractivity contribution in [3.8, 4) is 11.6 Å². The van der Waals surface area contributed by atoms with Crippen LogP contribution in [-0.4, -0.2) is 46.3 Å². The summed E-state index contributed by atoms with van der Waals surface area (Å²) >= 11 is 0. The Kier molecular flexibility index (Phi) is 9.90. The number of hydrogen-bond acceptors (Lipinski definition) is 8. The van der Waals surface area contributed by atoms with Crippen LogP contribution in [-0.2, 0) is 27.1 Å². The molecule has 9 nitrogen and oxygen atoms in total. The van der Waals surface area contributed by atoms with Gasteiger partial charge in [-0.15, -0.1) is 0 Å². The molecule has 234 valence electrons. The zero-order chi connectivity index (χ0) is 32.1. The summed E-state index contributed by atoms with van der Waals surface area (Å²) in [5.74, 6) is -1.41. The number of benzene rings is 3. The first-order valence-electron chi connectivity index (χ1n) is 14.5. The summed E-state index contributed by atoms with van der Waals surface area (Å²) in [6.07, 6.45) is -2.51. The zero-order valence-corrected chi connectivity index (χ0v) is 27.1. The number of nitrogens with one attached hydrogen (secondary N) is 1. The SMILES string of the molecule is CC(C)(C)OC(=O)n1c(O)c(O)c(NC(O)OCc2ccccc2)c1CO[Si](c1ccccc1)(c1ccccc1)C(C)(C)C. The van der Waals surface area contributed by atoms with Crippen LogP contribution in [0.1, 0.15) is 52.8 Å². The fourth-order valence-corrected chi connectivity index (χ4v) is 9.75. The van der Waals surface area contributed by atoms with Gasteiger partial charge in [-0.2, -0.15) is 0 Å². The highest BCUT2D eigenvalue weighted by molar-refractivity contribution is 6.99. The van der Waals surface area contributed by atoms with Gasteiger partial charge in [0, 0.05) is 0 Å². The number of aromatic hydroxyl groups is 2. The minimum absolute atomic E-state index is 0.0598. The minimum Gasteiger partial charge on any atom is -0.502 e. The molecule has 0 radical (unpaired) electrons. The summed E-state index contributed by atoms with van der Waals surface area (Å²) in [4.78, 5) is 13.4. The molecule has 44 heavy (non-hydrogen) atoms. The summed E-state index contributed by atoms with van der Waals surface area (Å²) in [5, 5.41) is 37.2. The van der Waals surface area contributed by atoms with Gasteiger partial charge >= 0.3 is 6.09 Å². The molecule has 4 aromatic rings. The number of hydrogen-bond donors (Lipinski definition) is 4. The van der Waals surface area contributed by atoms with Crippen molar-refractivity contribution in [2.75, 3.05) is 5.32 Å². The van der Waals surface area contributed by atoms with E-state index in [-0.39, 0.29) is 24.6 Å². The van der Waals surface area contributed by atoms with Crippen molar-refractivity contribution < 1.29 is 34.0 Å². The zero-order valence-electron chi connectivity index (χ0n) is 26.1. The van der Waals surface area contributed by atoms with E-state index in [9.17, 15) is 20.1 Å². The molecule has 1 aromatic heterocycles. The molecule has 0 fully saturated rings. The second kappa shape index (κ2) is 13.3. The van der Waals surface area contributed by atoms with Crippen LogP contribution in [0.5, 0.6) is 11.6 Å². The van der Waals surface area contributed by atoms with Crippen molar-refractivity contribution in [3.05, 3.63) is 102 Å². The lowest BCUT2D eigenvalue weighted by molar-refractivity contribution is -0.0873. The minimum atomic E-state index is -3.12. The molecule has 10 heteroatoms. The van der Waals surface area contributed by atoms with Crippen molar-refractivity contribution in [1.82, 2.24) is 4.57 Å². The van der Waals surface area contributed by atoms with Crippen LogP contribution in [0.3, 0.4) is 0 Å². The number of anilines is 1. The lowest BCUT2D eigenvalue weighted by Gasteiger charge is -2.43. The van der Waals surface area contributed by atoms with Crippen LogP contribution >= 0.6 is 0 Å². The maximum atomic E-state index is 13.4. The third-order valence-electron chi connectivity index (χ3n) is 7.16. The molecule has 0 saturated carbocycles. The average molecular weight is 619 g/mol. The van der Waals surface area contributed by atoms with Gasteiger partial charge in [0.1, 0.15) is 11.3 Å². The molecule has 0 aliphatic rings. The lowest BCUT2D eigenvalue weighted by atomic mass is 10.2. The molecule has 4 N–H and O–H groups in total. The summed E-state index contributed by atoms with van der Waals surface area (Å²) < 4.78 is 19.0. The molecule has 3 aromatic carbocycles. The lowest BCUT2D eigenvalue weighted by Crippen LogP contribution is -2.66. The Hall–Kier alpha value is -4.09. The monoisotopic (exact) mass is 618 g/mol. The van der Waals surface area contributed by atoms with Gasteiger partial charge in [-0.1, -0.05) is 112 Å². The molecule has 0 bridgehead atoms. The maximum absolute atomic E-state index is 13.4. The van der Waals surface area contributed by atoms with E-state index in [1.54, 1.807) is 20.8 Å². The molecule has 0 saturated heterocycles. The van der Waals surface area contributed by atoms with E-state index in [1.165, 1.54) is 0 Å². The van der Waals surface area contributed by atoms with E-state index >= 15 is 0 Å². The van der Waals surface area contributed by atoms with Gasteiger partial charge in [-0.05, 0) is 41.7 Å². The van der Waals surface area contributed by atoms with Crippen molar-refractivity contribution in [2.45, 2.75) is 71.8 Å². The van der Waals surface area contributed by atoms with Crippen LogP contribution < -0.4 is 15.7 Å². The van der Waals surface area contributed by atoms with E-state index in [0.29, 0.717) is 0 Å². The quantitative estimate of drug-likeness (QED) is 0.133. The average Bonchev–Trinajstić information content (AvgIpc) is 3.21. The molecule has 4 rings (SSSR count). The molecule has 0 spiro atoms. The predicted octanol–water partition coefficient (Wildman–Crippen LogP) is 5.66. The largest absolute Gasteiger partial charge is 0.502 e. The fourth-order valence-electron chi connectivity index (χ4n) is 5.24. The number of nitrogens with zero attached hydrogens (tertiary/aromatic N) is 1. The van der Waals surface area contributed by atoms with Crippen molar-refractivity contribution >= 4 is 30.5 Å². The number of rotatable bonds is 10. The number of aromatic nitrogens is 1. The molecule has 0 amide bonds. The number of ether oxygens (including phenoxy) is 2. The number of carbonyl (C=O) groups excluding carboxylic acids is 1. The summed E-state index contributed by atoms with van der Waals surface area (Å²) in [6.45, 7) is 11.3. The Bertz CT molecular complexity index is 1490. The molecule has 1 heterocycles. The first-order chi connectivity index (χ1) is 20.7. The summed E-state index contributed by atoms with van der Waals surface area (Å²) in [7, 11) is -3.12. The second-order valence-electron chi connectivity index (χ2n) is 12.6. The Balaban J connectivity index is 1.80. The Labute approximate surface area is 259 Å². The van der Waals surface area contributed by atoms with Crippen LogP contribution in [0.15, 0.2) is 91.0 Å². The molecule has 1 unspecified atom stereocenters. The third kappa shape index (κ3) is 7.16. The van der Waals surface area contributed by atoms with E-state index < -0.39 is 43.1 Å². The molecular weight excluding hydrogens is 576 g/mol. The first-order valence-corrected chi connectivity index (χ1v) is 16.4. The standard InChI is InChI=1S/C34H42N2O7Si/c1-33(2,3)43-32(40)36-27(28(29(37)30(36)38)35-31(39)41-22-24-16-10-7-11-17-24)23-42-44(34(4,5)6,25-18-12-8-13-19-25)26-20-14-9-15-21-26/h7-21,31,35,37-39H,22-23H2,1-6H3. The highest BCUT2D eigenvalue weighted by Crippen LogP contribution is 2.43. The van der Waals surface area contributed by atoms with Crippen LogP contribution in [0.2, 0.25) is 5.04 Å². The van der Waals surface area contributed by atoms with Gasteiger partial charge in [-0.25, -0.2) is 9.36 Å². The topological polar surface area (TPSA) is 122 Å². The highest BCUT2D eigenvalue weighted by atomic mass is 28.4. The van der Waals surface area contributed by atoms with Gasteiger partial charge in [0.25, 0.3) is 8.32 Å². The molecule has 0 aliphatic heterocycles. The second-order valence-corrected chi connectivity index (χ2v) is 16.9. The summed E-state index contributed by atoms with van der Waals surface area (Å²) in [5.41, 5.74) is -0.135.